The molecule has 0 amide bonds. The molecule has 0 aromatic carbocycles. The summed E-state index contributed by atoms with van der Waals surface area (Å²) in [5.74, 6) is 1.02. The van der Waals surface area contributed by atoms with Gasteiger partial charge in [0.2, 0.25) is 0 Å². The molecule has 2 rings (SSSR count). The second kappa shape index (κ2) is 6.77. The van der Waals surface area contributed by atoms with Crippen molar-refractivity contribution in [3.63, 3.8) is 0 Å². The van der Waals surface area contributed by atoms with Crippen molar-refractivity contribution in [2.75, 3.05) is 13.2 Å². The van der Waals surface area contributed by atoms with Gasteiger partial charge in [-0.05, 0) is 63.6 Å². The van der Waals surface area contributed by atoms with E-state index in [1.165, 1.54) is 32.1 Å². The van der Waals surface area contributed by atoms with Gasteiger partial charge in [-0.3, -0.25) is 0 Å². The van der Waals surface area contributed by atoms with Gasteiger partial charge >= 0.3 is 0 Å². The van der Waals surface area contributed by atoms with Gasteiger partial charge in [-0.2, -0.15) is 0 Å². The third-order valence-corrected chi connectivity index (χ3v) is 4.42. The summed E-state index contributed by atoms with van der Waals surface area (Å²) in [7, 11) is 0. The van der Waals surface area contributed by atoms with E-state index in [1.54, 1.807) is 6.26 Å². The second-order valence-electron chi connectivity index (χ2n) is 6.79. The Morgan fingerprint density at radius 2 is 2.15 bits per heavy atom. The van der Waals surface area contributed by atoms with Gasteiger partial charge in [0.25, 0.3) is 0 Å². The molecule has 0 spiro atoms. The molecule has 2 heterocycles. The molecule has 0 radical (unpaired) electrons. The Morgan fingerprint density at radius 1 is 1.30 bits per heavy atom. The Morgan fingerprint density at radius 3 is 2.80 bits per heavy atom. The van der Waals surface area contributed by atoms with E-state index in [4.69, 9.17) is 9.15 Å². The zero-order chi connectivity index (χ0) is 14.5. The van der Waals surface area contributed by atoms with Crippen molar-refractivity contribution in [2.24, 2.45) is 5.41 Å². The number of ether oxygens (including phenoxy) is 1. The molecule has 1 fully saturated rings. The number of nitrogens with one attached hydrogen (secondary N) is 1. The van der Waals surface area contributed by atoms with E-state index in [9.17, 15) is 0 Å². The maximum absolute atomic E-state index is 5.90. The van der Waals surface area contributed by atoms with Gasteiger partial charge < -0.3 is 14.5 Å². The highest BCUT2D eigenvalue weighted by atomic mass is 16.5. The fourth-order valence-corrected chi connectivity index (χ4v) is 3.65. The minimum absolute atomic E-state index is 0.0361. The molecular formula is C17H29NO2. The summed E-state index contributed by atoms with van der Waals surface area (Å²) in [5.41, 5.74) is 0.487. The minimum Gasteiger partial charge on any atom is -0.468 e. The Hall–Kier alpha value is -0.800. The molecule has 20 heavy (non-hydrogen) atoms. The summed E-state index contributed by atoms with van der Waals surface area (Å²) in [6.07, 6.45) is 7.91. The van der Waals surface area contributed by atoms with Crippen LogP contribution in [0, 0.1) is 5.41 Å². The highest BCUT2D eigenvalue weighted by Gasteiger charge is 2.39. The van der Waals surface area contributed by atoms with Gasteiger partial charge in [-0.1, -0.05) is 13.3 Å². The van der Waals surface area contributed by atoms with Crippen molar-refractivity contribution < 1.29 is 9.15 Å². The topological polar surface area (TPSA) is 34.4 Å². The monoisotopic (exact) mass is 279 g/mol. The molecule has 1 aliphatic rings. The summed E-state index contributed by atoms with van der Waals surface area (Å²) in [5, 5.41) is 3.51. The summed E-state index contributed by atoms with van der Waals surface area (Å²) in [6, 6.07) is 3.96. The Labute approximate surface area is 123 Å². The Bertz CT molecular complexity index is 382. The van der Waals surface area contributed by atoms with Crippen LogP contribution in [-0.2, 0) is 11.3 Å². The SMILES string of the molecule is CCC[C@@]1(CCNCc2ccco2)CCOC(C)(C)C1. The smallest absolute Gasteiger partial charge is 0.117 e. The predicted molar refractivity (Wildman–Crippen MR) is 81.6 cm³/mol. The van der Waals surface area contributed by atoms with Gasteiger partial charge in [0.15, 0.2) is 0 Å². The zero-order valence-corrected chi connectivity index (χ0v) is 13.2. The van der Waals surface area contributed by atoms with Crippen molar-refractivity contribution >= 4 is 0 Å². The van der Waals surface area contributed by atoms with E-state index in [0.29, 0.717) is 5.41 Å². The first-order chi connectivity index (χ1) is 9.55. The molecule has 1 atom stereocenters. The van der Waals surface area contributed by atoms with E-state index in [2.05, 4.69) is 26.1 Å². The molecule has 114 valence electrons. The molecule has 1 saturated heterocycles. The maximum atomic E-state index is 5.90. The maximum Gasteiger partial charge on any atom is 0.117 e. The van der Waals surface area contributed by atoms with Crippen molar-refractivity contribution in [2.45, 2.75) is 65.0 Å². The average Bonchev–Trinajstić information content (AvgIpc) is 2.87. The van der Waals surface area contributed by atoms with E-state index in [1.807, 2.05) is 12.1 Å². The lowest BCUT2D eigenvalue weighted by Crippen LogP contribution is -2.42. The summed E-state index contributed by atoms with van der Waals surface area (Å²) >= 11 is 0. The van der Waals surface area contributed by atoms with E-state index < -0.39 is 0 Å². The van der Waals surface area contributed by atoms with Crippen molar-refractivity contribution in [1.82, 2.24) is 5.32 Å². The van der Waals surface area contributed by atoms with Crippen LogP contribution in [0.4, 0.5) is 0 Å². The number of hydrogen-bond donors (Lipinski definition) is 1. The van der Waals surface area contributed by atoms with Crippen LogP contribution in [0.5, 0.6) is 0 Å². The fourth-order valence-electron chi connectivity index (χ4n) is 3.65. The van der Waals surface area contributed by atoms with Crippen LogP contribution in [-0.4, -0.2) is 18.8 Å². The lowest BCUT2D eigenvalue weighted by Gasteiger charge is -2.45. The first kappa shape index (κ1) is 15.6. The minimum atomic E-state index is 0.0361. The number of rotatable bonds is 7. The quantitative estimate of drug-likeness (QED) is 0.762. The fraction of sp³-hybridized carbons (Fsp3) is 0.765. The first-order valence-electron chi connectivity index (χ1n) is 7.92. The van der Waals surface area contributed by atoms with Crippen LogP contribution in [0.15, 0.2) is 22.8 Å². The van der Waals surface area contributed by atoms with Crippen LogP contribution in [0.25, 0.3) is 0 Å². The van der Waals surface area contributed by atoms with Gasteiger partial charge in [0, 0.05) is 6.61 Å². The normalized spacial score (nSPS) is 25.8. The summed E-state index contributed by atoms with van der Waals surface area (Å²) in [4.78, 5) is 0. The van der Waals surface area contributed by atoms with Crippen LogP contribution in [0.2, 0.25) is 0 Å². The van der Waals surface area contributed by atoms with Crippen LogP contribution >= 0.6 is 0 Å². The van der Waals surface area contributed by atoms with Crippen LogP contribution in [0.1, 0.15) is 58.6 Å². The number of furan rings is 1. The van der Waals surface area contributed by atoms with Gasteiger partial charge in [-0.15, -0.1) is 0 Å². The van der Waals surface area contributed by atoms with Gasteiger partial charge in [-0.25, -0.2) is 0 Å². The van der Waals surface area contributed by atoms with Crippen molar-refractivity contribution in [3.05, 3.63) is 24.2 Å². The summed E-state index contributed by atoms with van der Waals surface area (Å²) in [6.45, 7) is 9.54. The molecule has 1 N–H and O–H groups in total. The summed E-state index contributed by atoms with van der Waals surface area (Å²) < 4.78 is 11.2. The molecule has 3 nitrogen and oxygen atoms in total. The van der Waals surface area contributed by atoms with Crippen molar-refractivity contribution in [3.8, 4) is 0 Å². The molecule has 0 aliphatic carbocycles. The third-order valence-electron chi connectivity index (χ3n) is 4.42. The van der Waals surface area contributed by atoms with E-state index in [-0.39, 0.29) is 5.60 Å². The average molecular weight is 279 g/mol. The molecular weight excluding hydrogens is 250 g/mol. The molecule has 0 unspecified atom stereocenters. The Kier molecular flexibility index (Phi) is 5.28. The lowest BCUT2D eigenvalue weighted by atomic mass is 9.69. The van der Waals surface area contributed by atoms with Gasteiger partial charge in [0.05, 0.1) is 18.4 Å². The van der Waals surface area contributed by atoms with Gasteiger partial charge in [0.1, 0.15) is 5.76 Å². The molecule has 1 aromatic heterocycles. The molecule has 1 aliphatic heterocycles. The molecule has 3 heteroatoms. The van der Waals surface area contributed by atoms with E-state index in [0.717, 1.165) is 25.5 Å². The molecule has 0 bridgehead atoms. The standard InChI is InChI=1S/C17H29NO2/c1-4-7-17(9-12-20-16(2,3)14-17)8-10-18-13-15-6-5-11-19-15/h5-6,11,18H,4,7-10,12-14H2,1-3H3/t17-/m1/s1. The largest absolute Gasteiger partial charge is 0.468 e. The number of hydrogen-bond acceptors (Lipinski definition) is 3. The first-order valence-corrected chi connectivity index (χ1v) is 7.92. The third kappa shape index (κ3) is 4.35. The highest BCUT2D eigenvalue weighted by molar-refractivity contribution is 4.97. The Balaban J connectivity index is 1.82. The lowest BCUT2D eigenvalue weighted by molar-refractivity contribution is -0.109. The van der Waals surface area contributed by atoms with Crippen molar-refractivity contribution in [1.29, 1.82) is 0 Å². The van der Waals surface area contributed by atoms with Crippen LogP contribution < -0.4 is 5.32 Å². The predicted octanol–water partition coefficient (Wildman–Crippen LogP) is 4.13. The second-order valence-corrected chi connectivity index (χ2v) is 6.79. The highest BCUT2D eigenvalue weighted by Crippen LogP contribution is 2.44. The van der Waals surface area contributed by atoms with Crippen LogP contribution in [0.3, 0.4) is 0 Å². The molecule has 1 aromatic rings. The van der Waals surface area contributed by atoms with E-state index >= 15 is 0 Å². The zero-order valence-electron chi connectivity index (χ0n) is 13.2. The molecule has 0 saturated carbocycles.